The molecule has 0 aliphatic carbocycles. The van der Waals surface area contributed by atoms with E-state index in [9.17, 15) is 4.79 Å². The molecule has 1 N–H and O–H groups in total. The average Bonchev–Trinajstić information content (AvgIpc) is 2.73. The second-order valence-corrected chi connectivity index (χ2v) is 6.61. The predicted molar refractivity (Wildman–Crippen MR) is 92.6 cm³/mol. The quantitative estimate of drug-likeness (QED) is 0.813. The van der Waals surface area contributed by atoms with Crippen LogP contribution in [0.4, 0.5) is 0 Å². The average molecular weight is 317 g/mol. The van der Waals surface area contributed by atoms with E-state index in [0.717, 1.165) is 22.8 Å². The number of carbonyl (C=O) groups is 1. The fourth-order valence-corrected chi connectivity index (χ4v) is 3.15. The maximum absolute atomic E-state index is 12.2. The molecule has 0 atom stereocenters. The van der Waals surface area contributed by atoms with Gasteiger partial charge >= 0.3 is 0 Å². The first-order chi connectivity index (χ1) is 10.5. The van der Waals surface area contributed by atoms with Crippen molar-refractivity contribution in [1.82, 2.24) is 5.32 Å². The Bertz CT molecular complexity index is 644. The van der Waals surface area contributed by atoms with Crippen molar-refractivity contribution >= 4 is 17.7 Å². The van der Waals surface area contributed by atoms with Gasteiger partial charge in [0.2, 0.25) is 0 Å². The van der Waals surface area contributed by atoms with E-state index in [1.807, 2.05) is 32.5 Å². The van der Waals surface area contributed by atoms with Crippen LogP contribution < -0.4 is 5.32 Å². The second-order valence-electron chi connectivity index (χ2n) is 5.51. The molecule has 1 aromatic heterocycles. The molecule has 0 saturated heterocycles. The summed E-state index contributed by atoms with van der Waals surface area (Å²) in [6.07, 6.45) is 0. The molecule has 0 bridgehead atoms. The van der Waals surface area contributed by atoms with Crippen LogP contribution in [0, 0.1) is 27.7 Å². The number of hydrogen-bond donors (Lipinski definition) is 1. The van der Waals surface area contributed by atoms with E-state index in [4.69, 9.17) is 4.42 Å². The highest BCUT2D eigenvalue weighted by Crippen LogP contribution is 2.20. The summed E-state index contributed by atoms with van der Waals surface area (Å²) in [5, 5.41) is 2.97. The minimum Gasteiger partial charge on any atom is -0.466 e. The Morgan fingerprint density at radius 2 is 1.77 bits per heavy atom. The van der Waals surface area contributed by atoms with E-state index in [1.165, 1.54) is 11.1 Å². The maximum Gasteiger partial charge on any atom is 0.255 e. The number of nitrogens with one attached hydrogen (secondary N) is 1. The lowest BCUT2D eigenvalue weighted by atomic mass is 10.1. The summed E-state index contributed by atoms with van der Waals surface area (Å²) in [4.78, 5) is 12.2. The molecule has 0 aliphatic heterocycles. The summed E-state index contributed by atoms with van der Waals surface area (Å²) in [6.45, 7) is 8.40. The second kappa shape index (κ2) is 7.54. The lowest BCUT2D eigenvalue weighted by molar-refractivity contribution is 0.0954. The number of carbonyl (C=O) groups excluding carboxylic acids is 1. The Kier molecular flexibility index (Phi) is 5.72. The van der Waals surface area contributed by atoms with Gasteiger partial charge in [-0.25, -0.2) is 0 Å². The number of rotatable bonds is 6. The highest BCUT2D eigenvalue weighted by molar-refractivity contribution is 7.98. The van der Waals surface area contributed by atoms with Gasteiger partial charge in [-0.3, -0.25) is 4.79 Å². The van der Waals surface area contributed by atoms with Crippen molar-refractivity contribution in [3.05, 3.63) is 58.0 Å². The monoisotopic (exact) mass is 317 g/mol. The van der Waals surface area contributed by atoms with Crippen LogP contribution >= 0.6 is 11.8 Å². The van der Waals surface area contributed by atoms with Crippen molar-refractivity contribution in [2.45, 2.75) is 33.4 Å². The Morgan fingerprint density at radius 1 is 1.09 bits per heavy atom. The van der Waals surface area contributed by atoms with Crippen LogP contribution in [0.5, 0.6) is 0 Å². The fraction of sp³-hybridized carbons (Fsp3) is 0.389. The number of aryl methyl sites for hydroxylation is 3. The molecule has 0 saturated carbocycles. The highest BCUT2D eigenvalue weighted by atomic mass is 32.2. The Balaban J connectivity index is 1.74. The van der Waals surface area contributed by atoms with Gasteiger partial charge in [-0.2, -0.15) is 11.8 Å². The van der Waals surface area contributed by atoms with Gasteiger partial charge in [-0.05, 0) is 33.3 Å². The van der Waals surface area contributed by atoms with Gasteiger partial charge in [0.15, 0.2) is 0 Å². The van der Waals surface area contributed by atoms with Crippen LogP contribution in [0.25, 0.3) is 0 Å². The molecule has 0 aliphatic rings. The van der Waals surface area contributed by atoms with Gasteiger partial charge in [-0.15, -0.1) is 0 Å². The van der Waals surface area contributed by atoms with Crippen LogP contribution in [0.2, 0.25) is 0 Å². The van der Waals surface area contributed by atoms with Crippen molar-refractivity contribution in [1.29, 1.82) is 0 Å². The lowest BCUT2D eigenvalue weighted by Crippen LogP contribution is -2.26. The van der Waals surface area contributed by atoms with E-state index < -0.39 is 0 Å². The molecule has 0 radical (unpaired) electrons. The molecule has 0 unspecified atom stereocenters. The van der Waals surface area contributed by atoms with E-state index in [1.54, 1.807) is 0 Å². The van der Waals surface area contributed by atoms with Crippen LogP contribution in [0.15, 0.2) is 28.7 Å². The van der Waals surface area contributed by atoms with Gasteiger partial charge in [0.25, 0.3) is 5.91 Å². The molecule has 22 heavy (non-hydrogen) atoms. The maximum atomic E-state index is 12.2. The number of amides is 1. The summed E-state index contributed by atoms with van der Waals surface area (Å²) in [6, 6.07) is 8.57. The first-order valence-electron chi connectivity index (χ1n) is 7.47. The SMILES string of the molecule is Cc1ccc(CSCCNC(=O)c2c(C)oc(C)c2C)cc1. The van der Waals surface area contributed by atoms with Crippen LogP contribution in [0.1, 0.15) is 38.6 Å². The zero-order valence-corrected chi connectivity index (χ0v) is 14.5. The molecule has 1 heterocycles. The number of furan rings is 1. The lowest BCUT2D eigenvalue weighted by Gasteiger charge is -2.06. The van der Waals surface area contributed by atoms with E-state index in [2.05, 4.69) is 36.5 Å². The standard InChI is InChI=1S/C18H23NO2S/c1-12-5-7-16(8-6-12)11-22-10-9-19-18(20)17-13(2)14(3)21-15(17)4/h5-8H,9-11H2,1-4H3,(H,19,20). The summed E-state index contributed by atoms with van der Waals surface area (Å²) >= 11 is 1.82. The number of thioether (sulfide) groups is 1. The predicted octanol–water partition coefficient (Wildman–Crippen LogP) is 4.18. The molecule has 4 heteroatoms. The van der Waals surface area contributed by atoms with Crippen molar-refractivity contribution in [2.75, 3.05) is 12.3 Å². The number of benzene rings is 1. The third-order valence-electron chi connectivity index (χ3n) is 3.71. The normalized spacial score (nSPS) is 10.7. The third kappa shape index (κ3) is 4.17. The molecule has 1 amide bonds. The van der Waals surface area contributed by atoms with Crippen molar-refractivity contribution in [3.8, 4) is 0 Å². The number of hydrogen-bond acceptors (Lipinski definition) is 3. The Labute approximate surface area is 136 Å². The van der Waals surface area contributed by atoms with Gasteiger partial charge < -0.3 is 9.73 Å². The first kappa shape index (κ1) is 16.7. The molecular formula is C18H23NO2S. The van der Waals surface area contributed by atoms with E-state index in [0.29, 0.717) is 17.9 Å². The van der Waals surface area contributed by atoms with Gasteiger partial charge in [0.1, 0.15) is 11.5 Å². The zero-order valence-electron chi connectivity index (χ0n) is 13.7. The molecule has 2 aromatic rings. The summed E-state index contributed by atoms with van der Waals surface area (Å²) in [5.74, 6) is 3.34. The van der Waals surface area contributed by atoms with Crippen molar-refractivity contribution in [2.24, 2.45) is 0 Å². The summed E-state index contributed by atoms with van der Waals surface area (Å²) in [7, 11) is 0. The Hall–Kier alpha value is -1.68. The highest BCUT2D eigenvalue weighted by Gasteiger charge is 2.17. The van der Waals surface area contributed by atoms with Crippen molar-refractivity contribution < 1.29 is 9.21 Å². The minimum atomic E-state index is -0.0391. The summed E-state index contributed by atoms with van der Waals surface area (Å²) < 4.78 is 5.50. The topological polar surface area (TPSA) is 42.2 Å². The third-order valence-corrected chi connectivity index (χ3v) is 4.74. The minimum absolute atomic E-state index is 0.0391. The Morgan fingerprint density at radius 3 is 2.36 bits per heavy atom. The fourth-order valence-electron chi connectivity index (χ4n) is 2.33. The smallest absolute Gasteiger partial charge is 0.255 e. The molecule has 2 rings (SSSR count). The molecular weight excluding hydrogens is 294 g/mol. The molecule has 0 spiro atoms. The molecule has 118 valence electrons. The largest absolute Gasteiger partial charge is 0.466 e. The van der Waals surface area contributed by atoms with E-state index in [-0.39, 0.29) is 5.91 Å². The van der Waals surface area contributed by atoms with Gasteiger partial charge in [0.05, 0.1) is 5.56 Å². The molecule has 3 nitrogen and oxygen atoms in total. The summed E-state index contributed by atoms with van der Waals surface area (Å²) in [5.41, 5.74) is 4.21. The van der Waals surface area contributed by atoms with E-state index >= 15 is 0 Å². The first-order valence-corrected chi connectivity index (χ1v) is 8.62. The molecule has 0 fully saturated rings. The van der Waals surface area contributed by atoms with Crippen LogP contribution in [-0.2, 0) is 5.75 Å². The van der Waals surface area contributed by atoms with Gasteiger partial charge in [0, 0.05) is 23.6 Å². The van der Waals surface area contributed by atoms with Gasteiger partial charge in [-0.1, -0.05) is 29.8 Å². The van der Waals surface area contributed by atoms with Crippen LogP contribution in [0.3, 0.4) is 0 Å². The van der Waals surface area contributed by atoms with Crippen LogP contribution in [-0.4, -0.2) is 18.2 Å². The molecule has 1 aromatic carbocycles. The van der Waals surface area contributed by atoms with Crippen molar-refractivity contribution in [3.63, 3.8) is 0 Å². The zero-order chi connectivity index (χ0) is 16.1.